The Hall–Kier alpha value is -3.53. The number of halogens is 1. The third-order valence-corrected chi connectivity index (χ3v) is 12.2. The summed E-state index contributed by atoms with van der Waals surface area (Å²) in [6, 6.07) is 8.68. The molecule has 0 radical (unpaired) electrons. The first-order valence-corrected chi connectivity index (χ1v) is 18.4. The van der Waals surface area contributed by atoms with Crippen LogP contribution in [0.1, 0.15) is 112 Å². The number of aryl methyl sites for hydroxylation is 2. The topological polar surface area (TPSA) is 99.4 Å². The van der Waals surface area contributed by atoms with Gasteiger partial charge < -0.3 is 15.3 Å². The molecule has 10 heteroatoms. The summed E-state index contributed by atoms with van der Waals surface area (Å²) in [4.78, 5) is 27.2. The highest BCUT2D eigenvalue weighted by Crippen LogP contribution is 2.41. The van der Waals surface area contributed by atoms with Gasteiger partial charge in [0, 0.05) is 56.1 Å². The zero-order chi connectivity index (χ0) is 33.4. The standard InChI is InChI=1S/C38H52FN7O2/c1-4-35(24-12-14-25(15-13-24)37(47)48)45(3)38-42-33-19-16-26(30-10-5-6-11-32(30)39)20-31(33)36(43-38)41-34(27-21-40-44(2)22-27)23-46-28-8-7-9-29(46)18-17-28/h5-6,10-11,21-22,24-26,28-29,34-35H,4,7-9,12-20,23H2,1-3H3,(H,47,48)(H,41,42,43)/t24?,25?,26-,28-,29?,34+,35-/m1/s1. The fourth-order valence-electron chi connectivity index (χ4n) is 9.52. The van der Waals surface area contributed by atoms with Crippen molar-refractivity contribution in [2.24, 2.45) is 18.9 Å². The minimum Gasteiger partial charge on any atom is -0.481 e. The van der Waals surface area contributed by atoms with Gasteiger partial charge in [-0.3, -0.25) is 14.4 Å². The van der Waals surface area contributed by atoms with Gasteiger partial charge in [0.25, 0.3) is 0 Å². The zero-order valence-corrected chi connectivity index (χ0v) is 28.8. The molecular weight excluding hydrogens is 605 g/mol. The molecule has 48 heavy (non-hydrogen) atoms. The molecule has 2 aliphatic heterocycles. The molecule has 3 aromatic rings. The predicted octanol–water partition coefficient (Wildman–Crippen LogP) is 6.90. The number of carboxylic acids is 1. The van der Waals surface area contributed by atoms with Crippen molar-refractivity contribution in [1.82, 2.24) is 24.6 Å². The highest BCUT2D eigenvalue weighted by Gasteiger charge is 2.39. The van der Waals surface area contributed by atoms with Gasteiger partial charge in [-0.25, -0.2) is 9.37 Å². The number of piperidine rings is 1. The molecule has 2 N–H and O–H groups in total. The highest BCUT2D eigenvalue weighted by molar-refractivity contribution is 5.70. The summed E-state index contributed by atoms with van der Waals surface area (Å²) in [5.41, 5.74) is 4.06. The lowest BCUT2D eigenvalue weighted by atomic mass is 9.77. The van der Waals surface area contributed by atoms with Crippen molar-refractivity contribution >= 4 is 17.7 Å². The summed E-state index contributed by atoms with van der Waals surface area (Å²) < 4.78 is 16.9. The van der Waals surface area contributed by atoms with Gasteiger partial charge in [0.2, 0.25) is 5.95 Å². The van der Waals surface area contributed by atoms with Crippen LogP contribution in [-0.4, -0.2) is 67.4 Å². The first kappa shape index (κ1) is 33.0. The molecule has 9 nitrogen and oxygen atoms in total. The Morgan fingerprint density at radius 1 is 1.06 bits per heavy atom. The van der Waals surface area contributed by atoms with Crippen molar-refractivity contribution in [2.75, 3.05) is 23.8 Å². The summed E-state index contributed by atoms with van der Waals surface area (Å²) in [5, 5.41) is 18.1. The first-order chi connectivity index (χ1) is 23.3. The SMILES string of the molecule is CC[C@H](C1CCC(C(=O)O)CC1)N(C)c1nc2c(c(N[C@@H](CN3C4CCC[C@@H]3CC4)c3cnn(C)c3)n1)C[C@H](c1ccccc1F)CC2. The van der Waals surface area contributed by atoms with Gasteiger partial charge in [0.05, 0.1) is 23.9 Å². The monoisotopic (exact) mass is 657 g/mol. The lowest BCUT2D eigenvalue weighted by molar-refractivity contribution is -0.143. The molecular formula is C38H52FN7O2. The van der Waals surface area contributed by atoms with E-state index in [9.17, 15) is 9.90 Å². The largest absolute Gasteiger partial charge is 0.481 e. The van der Waals surface area contributed by atoms with Crippen LogP contribution in [0.3, 0.4) is 0 Å². The summed E-state index contributed by atoms with van der Waals surface area (Å²) in [6.07, 6.45) is 17.0. The van der Waals surface area contributed by atoms with E-state index in [4.69, 9.17) is 9.97 Å². The quantitative estimate of drug-likeness (QED) is 0.230. The number of nitrogens with zero attached hydrogens (tertiary/aromatic N) is 6. The molecule has 2 aliphatic carbocycles. The van der Waals surface area contributed by atoms with Crippen LogP contribution in [0.2, 0.25) is 0 Å². The number of fused-ring (bicyclic) bond motifs is 3. The van der Waals surface area contributed by atoms with Crippen molar-refractivity contribution in [2.45, 2.75) is 120 Å². The maximum Gasteiger partial charge on any atom is 0.306 e. The molecule has 1 saturated carbocycles. The Labute approximate surface area is 284 Å². The Kier molecular flexibility index (Phi) is 9.72. The summed E-state index contributed by atoms with van der Waals surface area (Å²) >= 11 is 0. The Bertz CT molecular complexity index is 1570. The predicted molar refractivity (Wildman–Crippen MR) is 186 cm³/mol. The smallest absolute Gasteiger partial charge is 0.306 e. The van der Waals surface area contributed by atoms with E-state index in [1.54, 1.807) is 12.1 Å². The van der Waals surface area contributed by atoms with Crippen LogP contribution in [0, 0.1) is 17.7 Å². The third-order valence-electron chi connectivity index (χ3n) is 12.2. The van der Waals surface area contributed by atoms with E-state index in [1.807, 2.05) is 30.1 Å². The number of hydrogen-bond acceptors (Lipinski definition) is 7. The number of anilines is 2. The molecule has 0 spiro atoms. The minimum absolute atomic E-state index is 0.000775. The fourth-order valence-corrected chi connectivity index (χ4v) is 9.52. The Morgan fingerprint density at radius 2 is 1.81 bits per heavy atom. The van der Waals surface area contributed by atoms with E-state index >= 15 is 4.39 Å². The lowest BCUT2D eigenvalue weighted by Gasteiger charge is -2.39. The normalized spacial score (nSPS) is 26.9. The van der Waals surface area contributed by atoms with Gasteiger partial charge in [0.15, 0.2) is 0 Å². The van der Waals surface area contributed by atoms with Gasteiger partial charge in [-0.2, -0.15) is 10.1 Å². The maximum atomic E-state index is 15.1. The number of benzene rings is 1. The molecule has 2 aromatic heterocycles. The van der Waals surface area contributed by atoms with Crippen molar-refractivity contribution in [1.29, 1.82) is 0 Å². The van der Waals surface area contributed by atoms with Gasteiger partial charge in [-0.05, 0) is 101 Å². The van der Waals surface area contributed by atoms with Gasteiger partial charge in [-0.15, -0.1) is 0 Å². The van der Waals surface area contributed by atoms with E-state index in [1.165, 1.54) is 32.1 Å². The molecule has 0 amide bonds. The second-order valence-electron chi connectivity index (χ2n) is 15.0. The van der Waals surface area contributed by atoms with Crippen molar-refractivity contribution in [3.05, 3.63) is 64.9 Å². The van der Waals surface area contributed by atoms with Crippen LogP contribution < -0.4 is 10.2 Å². The zero-order valence-electron chi connectivity index (χ0n) is 28.8. The van der Waals surface area contributed by atoms with Crippen LogP contribution in [0.15, 0.2) is 36.7 Å². The molecule has 2 saturated heterocycles. The van der Waals surface area contributed by atoms with Gasteiger partial charge in [0.1, 0.15) is 11.6 Å². The first-order valence-electron chi connectivity index (χ1n) is 18.4. The van der Waals surface area contributed by atoms with Crippen LogP contribution >= 0.6 is 0 Å². The molecule has 5 atom stereocenters. The Balaban J connectivity index is 1.23. The van der Waals surface area contributed by atoms with Gasteiger partial charge in [-0.1, -0.05) is 31.5 Å². The molecule has 2 bridgehead atoms. The highest BCUT2D eigenvalue weighted by atomic mass is 19.1. The molecule has 3 fully saturated rings. The second kappa shape index (κ2) is 14.1. The molecule has 1 aromatic carbocycles. The van der Waals surface area contributed by atoms with Crippen LogP contribution in [-0.2, 0) is 24.7 Å². The number of nitrogens with one attached hydrogen (secondary N) is 1. The van der Waals surface area contributed by atoms with Crippen LogP contribution in [0.25, 0.3) is 0 Å². The molecule has 7 rings (SSSR count). The number of carbonyl (C=O) groups is 1. The van der Waals surface area contributed by atoms with E-state index in [-0.39, 0.29) is 29.7 Å². The van der Waals surface area contributed by atoms with Crippen molar-refractivity contribution in [3.8, 4) is 0 Å². The van der Waals surface area contributed by atoms with Gasteiger partial charge >= 0.3 is 5.97 Å². The molecule has 4 heterocycles. The maximum absolute atomic E-state index is 15.1. The fraction of sp³-hybridized carbons (Fsp3) is 0.632. The number of carboxylic acid groups (broad SMARTS) is 1. The number of hydrogen-bond donors (Lipinski definition) is 2. The summed E-state index contributed by atoms with van der Waals surface area (Å²) in [5.74, 6) is 0.986. The summed E-state index contributed by atoms with van der Waals surface area (Å²) in [7, 11) is 4.08. The van der Waals surface area contributed by atoms with E-state index in [0.29, 0.717) is 24.4 Å². The van der Waals surface area contributed by atoms with Crippen molar-refractivity contribution < 1.29 is 14.3 Å². The number of rotatable bonds is 11. The van der Waals surface area contributed by atoms with Crippen molar-refractivity contribution in [3.63, 3.8) is 0 Å². The number of aliphatic carboxylic acids is 1. The van der Waals surface area contributed by atoms with Crippen LogP contribution in [0.5, 0.6) is 0 Å². The lowest BCUT2D eigenvalue weighted by Crippen LogP contribution is -2.43. The summed E-state index contributed by atoms with van der Waals surface area (Å²) in [6.45, 7) is 3.11. The van der Waals surface area contributed by atoms with E-state index in [0.717, 1.165) is 85.6 Å². The van der Waals surface area contributed by atoms with E-state index < -0.39 is 5.97 Å². The van der Waals surface area contributed by atoms with E-state index in [2.05, 4.69) is 40.4 Å². The molecule has 4 aliphatic rings. The third kappa shape index (κ3) is 6.69. The Morgan fingerprint density at radius 3 is 2.48 bits per heavy atom. The average molecular weight is 658 g/mol. The minimum atomic E-state index is -0.669. The number of aromatic nitrogens is 4. The molecule has 258 valence electrons. The second-order valence-corrected chi connectivity index (χ2v) is 15.0. The van der Waals surface area contributed by atoms with Crippen LogP contribution in [0.4, 0.5) is 16.2 Å². The molecule has 1 unspecified atom stereocenters. The average Bonchev–Trinajstić information content (AvgIpc) is 3.61.